The molecule has 78 valence electrons. The Morgan fingerprint density at radius 3 is 3.14 bits per heavy atom. The van der Waals surface area contributed by atoms with Gasteiger partial charge in [-0.15, -0.1) is 0 Å². The molecule has 1 aliphatic rings. The quantitative estimate of drug-likeness (QED) is 0.787. The maximum atomic E-state index is 5.30. The van der Waals surface area contributed by atoms with Gasteiger partial charge in [-0.25, -0.2) is 0 Å². The third-order valence-corrected chi connectivity index (χ3v) is 3.52. The minimum absolute atomic E-state index is 0.116. The lowest BCUT2D eigenvalue weighted by Gasteiger charge is -2.20. The van der Waals surface area contributed by atoms with Crippen LogP contribution >= 0.6 is 11.8 Å². The Bertz CT molecular complexity index is 285. The summed E-state index contributed by atoms with van der Waals surface area (Å²) >= 11 is 2.01. The number of thioether (sulfide) groups is 1. The number of aromatic nitrogens is 2. The summed E-state index contributed by atoms with van der Waals surface area (Å²) in [7, 11) is 0. The van der Waals surface area contributed by atoms with Crippen molar-refractivity contribution in [1.82, 2.24) is 10.2 Å². The van der Waals surface area contributed by atoms with E-state index in [0.29, 0.717) is 11.9 Å². The highest BCUT2D eigenvalue weighted by atomic mass is 32.2. The second-order valence-electron chi connectivity index (χ2n) is 3.41. The third-order valence-electron chi connectivity index (χ3n) is 2.24. The predicted octanol–water partition coefficient (Wildman–Crippen LogP) is 1.21. The fourth-order valence-electron chi connectivity index (χ4n) is 1.51. The summed E-state index contributed by atoms with van der Waals surface area (Å²) in [6.07, 6.45) is 2.59. The molecular weight excluding hydrogens is 200 g/mol. The topological polar surface area (TPSA) is 77.0 Å². The lowest BCUT2D eigenvalue weighted by molar-refractivity contribution is 0.528. The fourth-order valence-corrected chi connectivity index (χ4v) is 2.66. The Morgan fingerprint density at radius 2 is 2.50 bits per heavy atom. The van der Waals surface area contributed by atoms with Crippen LogP contribution in [0.4, 0.5) is 12.0 Å². The van der Waals surface area contributed by atoms with Gasteiger partial charge in [0.1, 0.15) is 0 Å². The van der Waals surface area contributed by atoms with Crippen LogP contribution in [0, 0.1) is 5.92 Å². The Morgan fingerprint density at radius 1 is 1.57 bits per heavy atom. The number of nitrogens with zero attached hydrogens (tertiary/aromatic N) is 2. The Hall–Kier alpha value is -0.910. The predicted molar refractivity (Wildman–Crippen MR) is 57.2 cm³/mol. The molecule has 1 unspecified atom stereocenters. The standard InChI is InChI=1S/C8H14N4OS/c9-7-11-12-8(13-7)10-4-6-2-1-3-14-5-6/h6H,1-5H2,(H2,9,11)(H,10,12). The number of nitrogens with two attached hydrogens (primary N) is 1. The van der Waals surface area contributed by atoms with E-state index in [4.69, 9.17) is 10.2 Å². The van der Waals surface area contributed by atoms with E-state index in [1.807, 2.05) is 11.8 Å². The number of hydrogen-bond acceptors (Lipinski definition) is 6. The minimum Gasteiger partial charge on any atom is -0.390 e. The van der Waals surface area contributed by atoms with Gasteiger partial charge >= 0.3 is 12.0 Å². The number of hydrogen-bond donors (Lipinski definition) is 2. The number of nitrogens with one attached hydrogen (secondary N) is 1. The molecule has 0 spiro atoms. The molecule has 1 saturated heterocycles. The van der Waals surface area contributed by atoms with E-state index in [0.717, 1.165) is 6.54 Å². The Labute approximate surface area is 86.8 Å². The first-order valence-electron chi connectivity index (χ1n) is 4.75. The van der Waals surface area contributed by atoms with Gasteiger partial charge in [-0.05, 0) is 30.3 Å². The summed E-state index contributed by atoms with van der Waals surface area (Å²) in [5.74, 6) is 3.22. The highest BCUT2D eigenvalue weighted by Gasteiger charge is 2.14. The molecule has 1 aromatic heterocycles. The number of rotatable bonds is 3. The van der Waals surface area contributed by atoms with Crippen LogP contribution in [0.25, 0.3) is 0 Å². The van der Waals surface area contributed by atoms with E-state index in [2.05, 4.69) is 15.5 Å². The molecular formula is C8H14N4OS. The van der Waals surface area contributed by atoms with Gasteiger partial charge < -0.3 is 15.5 Å². The molecule has 3 N–H and O–H groups in total. The fraction of sp³-hybridized carbons (Fsp3) is 0.750. The van der Waals surface area contributed by atoms with E-state index >= 15 is 0 Å². The summed E-state index contributed by atoms with van der Waals surface area (Å²) in [6, 6.07) is 0.545. The number of anilines is 2. The zero-order valence-corrected chi connectivity index (χ0v) is 8.72. The van der Waals surface area contributed by atoms with Crippen molar-refractivity contribution in [2.24, 2.45) is 5.92 Å². The smallest absolute Gasteiger partial charge is 0.316 e. The molecule has 0 radical (unpaired) electrons. The molecule has 5 nitrogen and oxygen atoms in total. The van der Waals surface area contributed by atoms with Gasteiger partial charge in [0.25, 0.3) is 0 Å². The van der Waals surface area contributed by atoms with Gasteiger partial charge in [-0.2, -0.15) is 11.8 Å². The van der Waals surface area contributed by atoms with Crippen LogP contribution < -0.4 is 11.1 Å². The van der Waals surface area contributed by atoms with Gasteiger partial charge in [-0.3, -0.25) is 0 Å². The molecule has 0 aromatic carbocycles. The van der Waals surface area contributed by atoms with E-state index < -0.39 is 0 Å². The van der Waals surface area contributed by atoms with E-state index in [1.54, 1.807) is 0 Å². The molecule has 0 saturated carbocycles. The summed E-state index contributed by atoms with van der Waals surface area (Å²) in [6.45, 7) is 0.897. The molecule has 2 rings (SSSR count). The summed E-state index contributed by atoms with van der Waals surface area (Å²) in [5.41, 5.74) is 5.30. The minimum atomic E-state index is 0.116. The van der Waals surface area contributed by atoms with Crippen molar-refractivity contribution >= 4 is 23.8 Å². The molecule has 2 heterocycles. The van der Waals surface area contributed by atoms with Gasteiger partial charge in [0.05, 0.1) is 0 Å². The average molecular weight is 214 g/mol. The van der Waals surface area contributed by atoms with Crippen molar-refractivity contribution in [2.45, 2.75) is 12.8 Å². The maximum Gasteiger partial charge on any atom is 0.316 e. The van der Waals surface area contributed by atoms with Crippen molar-refractivity contribution in [3.05, 3.63) is 0 Å². The third kappa shape index (κ3) is 2.54. The zero-order valence-electron chi connectivity index (χ0n) is 7.90. The Balaban J connectivity index is 1.76. The van der Waals surface area contributed by atoms with E-state index in [-0.39, 0.29) is 6.01 Å². The van der Waals surface area contributed by atoms with Crippen molar-refractivity contribution in [2.75, 3.05) is 29.1 Å². The summed E-state index contributed by atoms with van der Waals surface area (Å²) in [5, 5.41) is 10.4. The normalized spacial score (nSPS) is 22.1. The highest BCUT2D eigenvalue weighted by molar-refractivity contribution is 7.99. The van der Waals surface area contributed by atoms with Crippen molar-refractivity contribution < 1.29 is 4.42 Å². The molecule has 6 heteroatoms. The Kier molecular flexibility index (Phi) is 3.13. The maximum absolute atomic E-state index is 5.30. The molecule has 0 amide bonds. The monoisotopic (exact) mass is 214 g/mol. The molecule has 1 atom stereocenters. The molecule has 1 aromatic rings. The molecule has 14 heavy (non-hydrogen) atoms. The summed E-state index contributed by atoms with van der Waals surface area (Å²) < 4.78 is 5.01. The van der Waals surface area contributed by atoms with Crippen molar-refractivity contribution in [3.63, 3.8) is 0 Å². The van der Waals surface area contributed by atoms with Crippen LogP contribution in [-0.2, 0) is 0 Å². The van der Waals surface area contributed by atoms with Crippen LogP contribution in [0.3, 0.4) is 0 Å². The van der Waals surface area contributed by atoms with E-state index in [9.17, 15) is 0 Å². The van der Waals surface area contributed by atoms with Crippen LogP contribution in [0.15, 0.2) is 4.42 Å². The van der Waals surface area contributed by atoms with Gasteiger partial charge in [0.15, 0.2) is 0 Å². The van der Waals surface area contributed by atoms with Gasteiger partial charge in [0.2, 0.25) is 0 Å². The zero-order chi connectivity index (χ0) is 9.80. The first kappa shape index (κ1) is 9.64. The van der Waals surface area contributed by atoms with Crippen LogP contribution in [0.5, 0.6) is 0 Å². The first-order valence-corrected chi connectivity index (χ1v) is 5.90. The second-order valence-corrected chi connectivity index (χ2v) is 4.56. The SMILES string of the molecule is Nc1nnc(NCC2CCCSC2)o1. The second kappa shape index (κ2) is 4.54. The van der Waals surface area contributed by atoms with E-state index in [1.165, 1.54) is 24.3 Å². The molecule has 1 fully saturated rings. The highest BCUT2D eigenvalue weighted by Crippen LogP contribution is 2.22. The summed E-state index contributed by atoms with van der Waals surface area (Å²) in [4.78, 5) is 0. The average Bonchev–Trinajstić information content (AvgIpc) is 2.63. The lowest BCUT2D eigenvalue weighted by atomic mass is 10.1. The van der Waals surface area contributed by atoms with Crippen LogP contribution in [0.1, 0.15) is 12.8 Å². The van der Waals surface area contributed by atoms with Crippen molar-refractivity contribution in [1.29, 1.82) is 0 Å². The molecule has 1 aliphatic heterocycles. The lowest BCUT2D eigenvalue weighted by Crippen LogP contribution is -2.20. The largest absolute Gasteiger partial charge is 0.390 e. The molecule has 0 aliphatic carbocycles. The van der Waals surface area contributed by atoms with Crippen molar-refractivity contribution in [3.8, 4) is 0 Å². The number of nitrogen functional groups attached to an aromatic ring is 1. The van der Waals surface area contributed by atoms with Crippen LogP contribution in [-0.4, -0.2) is 28.2 Å². The van der Waals surface area contributed by atoms with Gasteiger partial charge in [0, 0.05) is 6.54 Å². The van der Waals surface area contributed by atoms with Crippen LogP contribution in [0.2, 0.25) is 0 Å². The van der Waals surface area contributed by atoms with Gasteiger partial charge in [-0.1, -0.05) is 10.2 Å². The first-order chi connectivity index (χ1) is 6.84. The molecule has 0 bridgehead atoms.